The van der Waals surface area contributed by atoms with E-state index < -0.39 is 0 Å². The van der Waals surface area contributed by atoms with Crippen molar-refractivity contribution in [2.45, 2.75) is 19.5 Å². The number of nitrogens with one attached hydrogen (secondary N) is 1. The van der Waals surface area contributed by atoms with Gasteiger partial charge in [0.05, 0.1) is 19.3 Å². The van der Waals surface area contributed by atoms with Gasteiger partial charge in [-0.1, -0.05) is 6.07 Å². The van der Waals surface area contributed by atoms with E-state index in [1.165, 1.54) is 5.56 Å². The molecule has 4 rings (SSSR count). The molecule has 1 fully saturated rings. The first-order chi connectivity index (χ1) is 12.7. The summed E-state index contributed by atoms with van der Waals surface area (Å²) in [5.41, 5.74) is 2.13. The third-order valence-electron chi connectivity index (χ3n) is 4.66. The van der Waals surface area contributed by atoms with Crippen LogP contribution >= 0.6 is 0 Å². The average molecular weight is 356 g/mol. The van der Waals surface area contributed by atoms with Crippen LogP contribution in [0.25, 0.3) is 0 Å². The predicted octanol–water partition coefficient (Wildman–Crippen LogP) is 2.17. The van der Waals surface area contributed by atoms with Crippen molar-refractivity contribution in [3.63, 3.8) is 0 Å². The molecule has 1 saturated heterocycles. The van der Waals surface area contributed by atoms with Crippen LogP contribution in [0.3, 0.4) is 0 Å². The van der Waals surface area contributed by atoms with Crippen LogP contribution in [0.5, 0.6) is 11.5 Å². The van der Waals surface area contributed by atoms with Gasteiger partial charge < -0.3 is 19.5 Å². The van der Waals surface area contributed by atoms with Crippen molar-refractivity contribution in [2.24, 2.45) is 0 Å². The number of rotatable bonds is 4. The summed E-state index contributed by atoms with van der Waals surface area (Å²) in [7, 11) is 1.87. The van der Waals surface area contributed by atoms with Gasteiger partial charge in [-0.15, -0.1) is 0 Å². The molecule has 0 radical (unpaired) electrons. The van der Waals surface area contributed by atoms with Gasteiger partial charge in [-0.25, -0.2) is 9.97 Å². The minimum absolute atomic E-state index is 0.0314. The number of morpholine rings is 1. The van der Waals surface area contributed by atoms with Crippen LogP contribution in [-0.2, 0) is 11.3 Å². The molecule has 1 N–H and O–H groups in total. The van der Waals surface area contributed by atoms with Crippen LogP contribution in [0.15, 0.2) is 24.3 Å². The molecule has 0 aliphatic carbocycles. The predicted molar refractivity (Wildman–Crippen MR) is 97.7 cm³/mol. The fourth-order valence-electron chi connectivity index (χ4n) is 3.35. The Morgan fingerprint density at radius 1 is 1.12 bits per heavy atom. The van der Waals surface area contributed by atoms with Gasteiger partial charge in [-0.2, -0.15) is 0 Å². The quantitative estimate of drug-likeness (QED) is 0.900. The summed E-state index contributed by atoms with van der Waals surface area (Å²) in [5, 5.41) is 3.11. The van der Waals surface area contributed by atoms with E-state index in [9.17, 15) is 0 Å². The van der Waals surface area contributed by atoms with Crippen molar-refractivity contribution >= 4 is 5.82 Å². The molecule has 2 aliphatic rings. The van der Waals surface area contributed by atoms with Crippen molar-refractivity contribution in [1.82, 2.24) is 14.9 Å². The van der Waals surface area contributed by atoms with E-state index in [2.05, 4.69) is 32.3 Å². The first-order valence-corrected chi connectivity index (χ1v) is 8.96. The number of aromatic nitrogens is 2. The standard InChI is InChI=1S/C19H24N4O3/c1-13-9-18(20-2)22-19(21-13)15-12-24-6-5-23(15)11-14-3-4-16-17(10-14)26-8-7-25-16/h3-4,9-10,15H,5-8,11-12H2,1-2H3,(H,20,21,22)/t15-/m0/s1. The van der Waals surface area contributed by atoms with E-state index in [4.69, 9.17) is 14.2 Å². The summed E-state index contributed by atoms with van der Waals surface area (Å²) in [6, 6.07) is 8.12. The highest BCUT2D eigenvalue weighted by atomic mass is 16.6. The summed E-state index contributed by atoms with van der Waals surface area (Å²) in [4.78, 5) is 11.7. The first-order valence-electron chi connectivity index (χ1n) is 8.96. The maximum absolute atomic E-state index is 5.72. The van der Waals surface area contributed by atoms with E-state index in [0.717, 1.165) is 41.9 Å². The number of fused-ring (bicyclic) bond motifs is 1. The molecule has 7 nitrogen and oxygen atoms in total. The molecule has 3 heterocycles. The fourth-order valence-corrected chi connectivity index (χ4v) is 3.35. The van der Waals surface area contributed by atoms with Gasteiger partial charge in [-0.3, -0.25) is 4.90 Å². The number of nitrogens with zero attached hydrogens (tertiary/aromatic N) is 3. The first kappa shape index (κ1) is 17.1. The molecule has 0 unspecified atom stereocenters. The fraction of sp³-hybridized carbons (Fsp3) is 0.474. The van der Waals surface area contributed by atoms with Crippen molar-refractivity contribution in [3.8, 4) is 11.5 Å². The van der Waals surface area contributed by atoms with Crippen molar-refractivity contribution in [3.05, 3.63) is 41.3 Å². The van der Waals surface area contributed by atoms with E-state index in [0.29, 0.717) is 26.4 Å². The van der Waals surface area contributed by atoms with E-state index in [-0.39, 0.29) is 6.04 Å². The molecule has 1 aromatic heterocycles. The van der Waals surface area contributed by atoms with Gasteiger partial charge in [0.2, 0.25) is 0 Å². The Morgan fingerprint density at radius 3 is 2.81 bits per heavy atom. The molecule has 7 heteroatoms. The highest BCUT2D eigenvalue weighted by Crippen LogP contribution is 2.32. The van der Waals surface area contributed by atoms with Crippen molar-refractivity contribution in [1.29, 1.82) is 0 Å². The second-order valence-corrected chi connectivity index (χ2v) is 6.54. The number of ether oxygens (including phenoxy) is 3. The maximum Gasteiger partial charge on any atom is 0.161 e. The van der Waals surface area contributed by atoms with E-state index >= 15 is 0 Å². The molecule has 0 bridgehead atoms. The Kier molecular flexibility index (Phi) is 4.90. The number of aryl methyl sites for hydroxylation is 1. The zero-order valence-corrected chi connectivity index (χ0v) is 15.2. The minimum Gasteiger partial charge on any atom is -0.486 e. The Hall–Kier alpha value is -2.38. The van der Waals surface area contributed by atoms with Gasteiger partial charge in [0, 0.05) is 31.9 Å². The molecule has 0 amide bonds. The SMILES string of the molecule is CNc1cc(C)nc([C@@H]2COCCN2Cc2ccc3c(c2)OCCO3)n1. The summed E-state index contributed by atoms with van der Waals surface area (Å²) >= 11 is 0. The lowest BCUT2D eigenvalue weighted by Crippen LogP contribution is -2.40. The third kappa shape index (κ3) is 3.59. The Bertz CT molecular complexity index is 783. The van der Waals surface area contributed by atoms with Gasteiger partial charge >= 0.3 is 0 Å². The summed E-state index contributed by atoms with van der Waals surface area (Å²) < 4.78 is 17.0. The minimum atomic E-state index is 0.0314. The Balaban J connectivity index is 1.57. The van der Waals surface area contributed by atoms with Crippen LogP contribution in [0.1, 0.15) is 23.1 Å². The van der Waals surface area contributed by atoms with Crippen molar-refractivity contribution in [2.75, 3.05) is 45.3 Å². The number of hydrogen-bond acceptors (Lipinski definition) is 7. The Labute approximate surface area is 153 Å². The molecule has 138 valence electrons. The topological polar surface area (TPSA) is 68.7 Å². The van der Waals surface area contributed by atoms with Gasteiger partial charge in [0.1, 0.15) is 24.9 Å². The summed E-state index contributed by atoms with van der Waals surface area (Å²) in [5.74, 6) is 3.27. The second-order valence-electron chi connectivity index (χ2n) is 6.54. The normalized spacial score (nSPS) is 20.0. The monoisotopic (exact) mass is 356 g/mol. The van der Waals surface area contributed by atoms with Gasteiger partial charge in [-0.05, 0) is 24.6 Å². The largest absolute Gasteiger partial charge is 0.486 e. The lowest BCUT2D eigenvalue weighted by Gasteiger charge is -2.35. The van der Waals surface area contributed by atoms with Crippen LogP contribution in [0.4, 0.5) is 5.82 Å². The number of hydrogen-bond donors (Lipinski definition) is 1. The van der Waals surface area contributed by atoms with Crippen LogP contribution < -0.4 is 14.8 Å². The second kappa shape index (κ2) is 7.47. The molecular formula is C19H24N4O3. The maximum atomic E-state index is 5.72. The Morgan fingerprint density at radius 2 is 1.96 bits per heavy atom. The summed E-state index contributed by atoms with van der Waals surface area (Å²) in [6.45, 7) is 6.13. The molecule has 0 spiro atoms. The van der Waals surface area contributed by atoms with Crippen LogP contribution in [-0.4, -0.2) is 54.9 Å². The van der Waals surface area contributed by atoms with E-state index in [1.54, 1.807) is 0 Å². The molecule has 1 atom stereocenters. The van der Waals surface area contributed by atoms with Gasteiger partial charge in [0.15, 0.2) is 11.5 Å². The van der Waals surface area contributed by atoms with Crippen molar-refractivity contribution < 1.29 is 14.2 Å². The van der Waals surface area contributed by atoms with Crippen LogP contribution in [0, 0.1) is 6.92 Å². The number of benzene rings is 1. The summed E-state index contributed by atoms with van der Waals surface area (Å²) in [6.07, 6.45) is 0. The van der Waals surface area contributed by atoms with Crippen LogP contribution in [0.2, 0.25) is 0 Å². The highest BCUT2D eigenvalue weighted by Gasteiger charge is 2.28. The zero-order valence-electron chi connectivity index (χ0n) is 15.2. The molecule has 2 aromatic rings. The number of anilines is 1. The average Bonchev–Trinajstić information content (AvgIpc) is 2.68. The zero-order chi connectivity index (χ0) is 17.9. The molecule has 0 saturated carbocycles. The van der Waals surface area contributed by atoms with Gasteiger partial charge in [0.25, 0.3) is 0 Å². The molecular weight excluding hydrogens is 332 g/mol. The molecule has 1 aromatic carbocycles. The lowest BCUT2D eigenvalue weighted by atomic mass is 10.1. The highest BCUT2D eigenvalue weighted by molar-refractivity contribution is 5.44. The lowest BCUT2D eigenvalue weighted by molar-refractivity contribution is -0.0159. The molecule has 26 heavy (non-hydrogen) atoms. The van der Waals surface area contributed by atoms with E-state index in [1.807, 2.05) is 26.1 Å². The molecule has 2 aliphatic heterocycles. The smallest absolute Gasteiger partial charge is 0.161 e. The third-order valence-corrected chi connectivity index (χ3v) is 4.66.